The minimum Gasteiger partial charge on any atom is -0.476 e. The van der Waals surface area contributed by atoms with Crippen LogP contribution in [0.1, 0.15) is 24.3 Å². The third-order valence-electron chi connectivity index (χ3n) is 4.35. The standard InChI is InChI=1S/C19H17Cl3N2O2/c1-3-23(4-2)17-15-14(9-8-13(21)16(15)22)24(18(17)19(25)26)12-7-5-6-11(20)10-12/h5-10H,3-4H2,1-2H3,(H,25,26). The van der Waals surface area contributed by atoms with Crippen LogP contribution in [0.4, 0.5) is 5.69 Å². The third kappa shape index (κ3) is 3.02. The van der Waals surface area contributed by atoms with E-state index in [1.807, 2.05) is 24.8 Å². The normalized spacial score (nSPS) is 11.1. The summed E-state index contributed by atoms with van der Waals surface area (Å²) in [5.41, 5.74) is 2.01. The van der Waals surface area contributed by atoms with Crippen molar-refractivity contribution in [2.24, 2.45) is 0 Å². The molecule has 1 aromatic heterocycles. The zero-order valence-electron chi connectivity index (χ0n) is 14.3. The van der Waals surface area contributed by atoms with Crippen molar-refractivity contribution in [2.75, 3.05) is 18.0 Å². The lowest BCUT2D eigenvalue weighted by atomic mass is 10.2. The monoisotopic (exact) mass is 410 g/mol. The molecular weight excluding hydrogens is 395 g/mol. The summed E-state index contributed by atoms with van der Waals surface area (Å²) in [6.07, 6.45) is 0. The number of aromatic carboxylic acids is 1. The molecule has 0 saturated heterocycles. The summed E-state index contributed by atoms with van der Waals surface area (Å²) < 4.78 is 1.67. The number of anilines is 1. The molecule has 0 bridgehead atoms. The molecule has 2 aromatic carbocycles. The second-order valence-electron chi connectivity index (χ2n) is 5.75. The molecule has 0 atom stereocenters. The molecule has 0 amide bonds. The van der Waals surface area contributed by atoms with Gasteiger partial charge in [0, 0.05) is 29.2 Å². The number of hydrogen-bond donors (Lipinski definition) is 1. The maximum absolute atomic E-state index is 12.2. The molecule has 4 nitrogen and oxygen atoms in total. The van der Waals surface area contributed by atoms with Crippen molar-refractivity contribution >= 4 is 57.4 Å². The Hall–Kier alpha value is -1.88. The second kappa shape index (κ2) is 7.39. The van der Waals surface area contributed by atoms with Gasteiger partial charge in [-0.05, 0) is 44.2 Å². The number of rotatable bonds is 5. The molecule has 1 heterocycles. The quantitative estimate of drug-likeness (QED) is 0.549. The summed E-state index contributed by atoms with van der Waals surface area (Å²) in [7, 11) is 0. The highest BCUT2D eigenvalue weighted by molar-refractivity contribution is 6.46. The Bertz CT molecular complexity index is 994. The summed E-state index contributed by atoms with van der Waals surface area (Å²) >= 11 is 18.9. The summed E-state index contributed by atoms with van der Waals surface area (Å²) in [4.78, 5) is 14.2. The Balaban J connectivity index is 2.54. The minimum absolute atomic E-state index is 0.134. The number of fused-ring (bicyclic) bond motifs is 1. The van der Waals surface area contributed by atoms with Crippen LogP contribution in [0.15, 0.2) is 36.4 Å². The number of halogens is 3. The van der Waals surface area contributed by atoms with E-state index in [2.05, 4.69) is 0 Å². The van der Waals surface area contributed by atoms with Crippen molar-refractivity contribution in [2.45, 2.75) is 13.8 Å². The number of hydrogen-bond acceptors (Lipinski definition) is 2. The molecule has 0 radical (unpaired) electrons. The van der Waals surface area contributed by atoms with E-state index in [1.165, 1.54) is 0 Å². The van der Waals surface area contributed by atoms with Crippen molar-refractivity contribution in [3.8, 4) is 5.69 Å². The fourth-order valence-electron chi connectivity index (χ4n) is 3.22. The number of nitrogens with zero attached hydrogens (tertiary/aromatic N) is 2. The summed E-state index contributed by atoms with van der Waals surface area (Å²) in [5, 5.41) is 11.9. The first-order valence-electron chi connectivity index (χ1n) is 8.17. The molecule has 0 aliphatic carbocycles. The summed E-state index contributed by atoms with van der Waals surface area (Å²) in [5.74, 6) is -1.05. The van der Waals surface area contributed by atoms with E-state index in [0.717, 1.165) is 0 Å². The number of carboxylic acid groups (broad SMARTS) is 1. The Morgan fingerprint density at radius 2 is 1.81 bits per heavy atom. The number of aromatic nitrogens is 1. The van der Waals surface area contributed by atoms with Crippen LogP contribution in [0.5, 0.6) is 0 Å². The Morgan fingerprint density at radius 1 is 1.12 bits per heavy atom. The molecule has 26 heavy (non-hydrogen) atoms. The predicted octanol–water partition coefficient (Wildman–Crippen LogP) is 6.14. The van der Waals surface area contributed by atoms with Gasteiger partial charge in [-0.1, -0.05) is 40.9 Å². The van der Waals surface area contributed by atoms with Crippen LogP contribution in [-0.4, -0.2) is 28.7 Å². The van der Waals surface area contributed by atoms with Crippen molar-refractivity contribution in [1.29, 1.82) is 0 Å². The van der Waals surface area contributed by atoms with Crippen LogP contribution >= 0.6 is 34.8 Å². The zero-order chi connectivity index (χ0) is 19.0. The van der Waals surface area contributed by atoms with Crippen LogP contribution in [-0.2, 0) is 0 Å². The molecule has 0 aliphatic rings. The summed E-state index contributed by atoms with van der Waals surface area (Å²) in [6.45, 7) is 5.20. The highest BCUT2D eigenvalue weighted by atomic mass is 35.5. The zero-order valence-corrected chi connectivity index (χ0v) is 16.5. The van der Waals surface area contributed by atoms with E-state index in [4.69, 9.17) is 34.8 Å². The molecule has 0 spiro atoms. The molecule has 7 heteroatoms. The lowest BCUT2D eigenvalue weighted by molar-refractivity contribution is 0.0689. The van der Waals surface area contributed by atoms with Gasteiger partial charge in [-0.15, -0.1) is 0 Å². The number of benzene rings is 2. The topological polar surface area (TPSA) is 45.5 Å². The fourth-order valence-corrected chi connectivity index (χ4v) is 3.82. The van der Waals surface area contributed by atoms with E-state index in [9.17, 15) is 9.90 Å². The van der Waals surface area contributed by atoms with E-state index in [1.54, 1.807) is 34.9 Å². The van der Waals surface area contributed by atoms with Crippen LogP contribution in [0, 0.1) is 0 Å². The van der Waals surface area contributed by atoms with Gasteiger partial charge in [-0.2, -0.15) is 0 Å². The van der Waals surface area contributed by atoms with Gasteiger partial charge in [0.05, 0.1) is 21.2 Å². The Labute approximate surface area is 166 Å². The first-order chi connectivity index (χ1) is 12.4. The second-order valence-corrected chi connectivity index (χ2v) is 6.97. The van der Waals surface area contributed by atoms with E-state index in [-0.39, 0.29) is 5.69 Å². The fraction of sp³-hybridized carbons (Fsp3) is 0.211. The number of carboxylic acids is 1. The maximum atomic E-state index is 12.2. The van der Waals surface area contributed by atoms with E-state index >= 15 is 0 Å². The van der Waals surface area contributed by atoms with Crippen molar-refractivity contribution in [3.63, 3.8) is 0 Å². The highest BCUT2D eigenvalue weighted by Crippen LogP contribution is 2.43. The van der Waals surface area contributed by atoms with E-state index in [0.29, 0.717) is 50.4 Å². The number of carbonyl (C=O) groups is 1. The van der Waals surface area contributed by atoms with Crippen LogP contribution in [0.25, 0.3) is 16.6 Å². The molecule has 0 aliphatic heterocycles. The van der Waals surface area contributed by atoms with Gasteiger partial charge in [0.15, 0.2) is 5.69 Å². The lowest BCUT2D eigenvalue weighted by Crippen LogP contribution is -2.24. The van der Waals surface area contributed by atoms with Crippen molar-refractivity contribution in [1.82, 2.24) is 4.57 Å². The largest absolute Gasteiger partial charge is 0.476 e. The van der Waals surface area contributed by atoms with Gasteiger partial charge in [0.25, 0.3) is 0 Å². The maximum Gasteiger partial charge on any atom is 0.355 e. The predicted molar refractivity (Wildman–Crippen MR) is 109 cm³/mol. The molecule has 1 N–H and O–H groups in total. The van der Waals surface area contributed by atoms with Gasteiger partial charge in [-0.3, -0.25) is 0 Å². The van der Waals surface area contributed by atoms with Gasteiger partial charge in [0.2, 0.25) is 0 Å². The van der Waals surface area contributed by atoms with Crippen LogP contribution < -0.4 is 4.90 Å². The minimum atomic E-state index is -1.05. The van der Waals surface area contributed by atoms with Gasteiger partial charge >= 0.3 is 5.97 Å². The third-order valence-corrected chi connectivity index (χ3v) is 5.39. The molecule has 0 fully saturated rings. The van der Waals surface area contributed by atoms with E-state index < -0.39 is 5.97 Å². The Kier molecular flexibility index (Phi) is 5.37. The van der Waals surface area contributed by atoms with Gasteiger partial charge < -0.3 is 14.6 Å². The Morgan fingerprint density at radius 3 is 2.38 bits per heavy atom. The summed E-state index contributed by atoms with van der Waals surface area (Å²) in [6, 6.07) is 10.5. The molecule has 3 aromatic rings. The molecule has 136 valence electrons. The lowest BCUT2D eigenvalue weighted by Gasteiger charge is -2.22. The molecule has 0 saturated carbocycles. The molecular formula is C19H17Cl3N2O2. The van der Waals surface area contributed by atoms with Crippen LogP contribution in [0.3, 0.4) is 0 Å². The molecule has 3 rings (SSSR count). The average Bonchev–Trinajstić information content (AvgIpc) is 2.95. The van der Waals surface area contributed by atoms with Crippen molar-refractivity contribution < 1.29 is 9.90 Å². The van der Waals surface area contributed by atoms with Gasteiger partial charge in [-0.25, -0.2) is 4.79 Å². The van der Waals surface area contributed by atoms with Crippen molar-refractivity contribution in [3.05, 3.63) is 57.2 Å². The molecule has 0 unspecified atom stereocenters. The SMILES string of the molecule is CCN(CC)c1c(C(=O)O)n(-c2cccc(Cl)c2)c2ccc(Cl)c(Cl)c12. The highest BCUT2D eigenvalue weighted by Gasteiger charge is 2.28. The van der Waals surface area contributed by atoms with Gasteiger partial charge in [0.1, 0.15) is 0 Å². The average molecular weight is 412 g/mol. The first kappa shape index (κ1) is 18.9. The smallest absolute Gasteiger partial charge is 0.355 e. The first-order valence-corrected chi connectivity index (χ1v) is 9.30. The van der Waals surface area contributed by atoms with Crippen LogP contribution in [0.2, 0.25) is 15.1 Å².